The zero-order chi connectivity index (χ0) is 8.39. The molecule has 1 N–H and O–H groups in total. The number of rotatable bonds is 2. The molecule has 1 aliphatic rings. The fraction of sp³-hybridized carbons (Fsp3) is 0.625. The predicted molar refractivity (Wildman–Crippen MR) is 54.5 cm³/mol. The van der Waals surface area contributed by atoms with Crippen LogP contribution < -0.4 is 5.32 Å². The largest absolute Gasteiger partial charge is 0.314 e. The third-order valence-electron chi connectivity index (χ3n) is 2.11. The van der Waals surface area contributed by atoms with Crippen molar-refractivity contribution in [2.75, 3.05) is 6.54 Å². The van der Waals surface area contributed by atoms with E-state index in [2.05, 4.69) is 26.2 Å². The van der Waals surface area contributed by atoms with Crippen molar-refractivity contribution >= 4 is 27.3 Å². The Hall–Kier alpha value is 0.0700. The van der Waals surface area contributed by atoms with Crippen LogP contribution in [0.15, 0.2) is 9.98 Å². The van der Waals surface area contributed by atoms with Crippen LogP contribution in [-0.4, -0.2) is 17.6 Å². The smallest absolute Gasteiger partial charge is 0.0952 e. The van der Waals surface area contributed by atoms with Crippen molar-refractivity contribution in [1.29, 1.82) is 0 Å². The summed E-state index contributed by atoms with van der Waals surface area (Å²) >= 11 is 5.16. The molecule has 2 nitrogen and oxygen atoms in total. The second-order valence-electron chi connectivity index (χ2n) is 3.06. The Bertz CT molecular complexity index is 255. The van der Waals surface area contributed by atoms with Gasteiger partial charge in [0.1, 0.15) is 0 Å². The van der Waals surface area contributed by atoms with E-state index >= 15 is 0 Å². The molecule has 1 atom stereocenters. The summed E-state index contributed by atoms with van der Waals surface area (Å²) in [5, 5.41) is 4.70. The average molecular weight is 247 g/mol. The molecule has 1 fully saturated rings. The molecule has 1 aromatic heterocycles. The molecule has 0 bridgehead atoms. The highest BCUT2D eigenvalue weighted by molar-refractivity contribution is 9.11. The molecule has 2 rings (SSSR count). The molecule has 0 spiro atoms. The predicted octanol–water partition coefficient (Wildman–Crippen LogP) is 2.20. The van der Waals surface area contributed by atoms with Gasteiger partial charge in [-0.3, -0.25) is 0 Å². The van der Waals surface area contributed by atoms with Gasteiger partial charge in [-0.25, -0.2) is 4.98 Å². The highest BCUT2D eigenvalue weighted by atomic mass is 79.9. The van der Waals surface area contributed by atoms with Crippen LogP contribution >= 0.6 is 27.3 Å². The Morgan fingerprint density at radius 3 is 3.25 bits per heavy atom. The summed E-state index contributed by atoms with van der Waals surface area (Å²) < 4.78 is 1.13. The molecule has 66 valence electrons. The first-order valence-electron chi connectivity index (χ1n) is 4.18. The van der Waals surface area contributed by atoms with Crippen LogP contribution in [0.3, 0.4) is 0 Å². The Labute approximate surface area is 84.5 Å². The quantitative estimate of drug-likeness (QED) is 0.866. The maximum absolute atomic E-state index is 4.31. The molecule has 0 radical (unpaired) electrons. The van der Waals surface area contributed by atoms with E-state index in [9.17, 15) is 0 Å². The van der Waals surface area contributed by atoms with Crippen molar-refractivity contribution in [2.45, 2.75) is 25.3 Å². The van der Waals surface area contributed by atoms with E-state index in [1.54, 1.807) is 11.3 Å². The molecule has 1 unspecified atom stereocenters. The number of nitrogens with one attached hydrogen (secondary N) is 1. The number of aromatic nitrogens is 1. The highest BCUT2D eigenvalue weighted by Gasteiger charge is 2.15. The first kappa shape index (κ1) is 8.66. The van der Waals surface area contributed by atoms with Crippen molar-refractivity contribution in [3.63, 3.8) is 0 Å². The maximum atomic E-state index is 4.31. The number of halogens is 1. The summed E-state index contributed by atoms with van der Waals surface area (Å²) in [5.41, 5.74) is 0. The minimum Gasteiger partial charge on any atom is -0.314 e. The highest BCUT2D eigenvalue weighted by Crippen LogP contribution is 2.21. The third kappa shape index (κ3) is 2.06. The summed E-state index contributed by atoms with van der Waals surface area (Å²) in [6.45, 7) is 1.18. The molecule has 0 amide bonds. The Morgan fingerprint density at radius 1 is 1.75 bits per heavy atom. The Morgan fingerprint density at radius 2 is 2.67 bits per heavy atom. The lowest BCUT2D eigenvalue weighted by molar-refractivity contribution is 0.601. The lowest BCUT2D eigenvalue weighted by Crippen LogP contribution is -2.23. The Kier molecular flexibility index (Phi) is 2.78. The summed E-state index contributed by atoms with van der Waals surface area (Å²) in [4.78, 5) is 4.31. The summed E-state index contributed by atoms with van der Waals surface area (Å²) in [6.07, 6.45) is 5.60. The SMILES string of the molecule is Brc1cnc(CC2CCCN2)s1. The number of hydrogen-bond acceptors (Lipinski definition) is 3. The average Bonchev–Trinajstić information content (AvgIpc) is 2.63. The van der Waals surface area contributed by atoms with Gasteiger partial charge in [-0.2, -0.15) is 0 Å². The van der Waals surface area contributed by atoms with Crippen LogP contribution in [0.5, 0.6) is 0 Å². The van der Waals surface area contributed by atoms with Gasteiger partial charge in [0.25, 0.3) is 0 Å². The van der Waals surface area contributed by atoms with E-state index in [0.29, 0.717) is 6.04 Å². The van der Waals surface area contributed by atoms with Gasteiger partial charge < -0.3 is 5.32 Å². The Balaban J connectivity index is 1.94. The minimum absolute atomic E-state index is 0.669. The first-order valence-corrected chi connectivity index (χ1v) is 5.79. The number of nitrogens with zero attached hydrogens (tertiary/aromatic N) is 1. The molecule has 1 aliphatic heterocycles. The van der Waals surface area contributed by atoms with Crippen molar-refractivity contribution in [1.82, 2.24) is 10.3 Å². The standard InChI is InChI=1S/C8H11BrN2S/c9-7-5-11-8(12-7)4-6-2-1-3-10-6/h5-6,10H,1-4H2. The van der Waals surface area contributed by atoms with Gasteiger partial charge >= 0.3 is 0 Å². The molecule has 12 heavy (non-hydrogen) atoms. The fourth-order valence-corrected chi connectivity index (χ4v) is 2.91. The lowest BCUT2D eigenvalue weighted by Gasteiger charge is -2.05. The van der Waals surface area contributed by atoms with E-state index in [1.807, 2.05) is 6.20 Å². The van der Waals surface area contributed by atoms with Gasteiger partial charge in [-0.1, -0.05) is 0 Å². The lowest BCUT2D eigenvalue weighted by atomic mass is 10.2. The van der Waals surface area contributed by atoms with Crippen molar-refractivity contribution in [3.8, 4) is 0 Å². The molecular weight excluding hydrogens is 236 g/mol. The number of thiazole rings is 1. The summed E-state index contributed by atoms with van der Waals surface area (Å²) in [7, 11) is 0. The maximum Gasteiger partial charge on any atom is 0.0952 e. The molecule has 1 saturated heterocycles. The van der Waals surface area contributed by atoms with Gasteiger partial charge in [0.05, 0.1) is 15.0 Å². The van der Waals surface area contributed by atoms with E-state index in [-0.39, 0.29) is 0 Å². The van der Waals surface area contributed by atoms with Gasteiger partial charge in [-0.15, -0.1) is 11.3 Å². The molecule has 0 saturated carbocycles. The van der Waals surface area contributed by atoms with Gasteiger partial charge in [0.2, 0.25) is 0 Å². The van der Waals surface area contributed by atoms with Crippen LogP contribution in [0, 0.1) is 0 Å². The molecule has 0 aromatic carbocycles. The van der Waals surface area contributed by atoms with E-state index in [4.69, 9.17) is 0 Å². The second kappa shape index (κ2) is 3.85. The monoisotopic (exact) mass is 246 g/mol. The van der Waals surface area contributed by atoms with Crippen molar-refractivity contribution in [2.24, 2.45) is 0 Å². The van der Waals surface area contributed by atoms with E-state index in [0.717, 1.165) is 10.2 Å². The topological polar surface area (TPSA) is 24.9 Å². The molecule has 4 heteroatoms. The van der Waals surface area contributed by atoms with E-state index < -0.39 is 0 Å². The molecule has 2 heterocycles. The van der Waals surface area contributed by atoms with E-state index in [1.165, 1.54) is 24.4 Å². The first-order chi connectivity index (χ1) is 5.84. The van der Waals surface area contributed by atoms with Crippen LogP contribution in [0.1, 0.15) is 17.8 Å². The van der Waals surface area contributed by atoms with Crippen LogP contribution in [0.4, 0.5) is 0 Å². The van der Waals surface area contributed by atoms with Gasteiger partial charge in [0.15, 0.2) is 0 Å². The van der Waals surface area contributed by atoms with Crippen LogP contribution in [0.25, 0.3) is 0 Å². The molecule has 1 aromatic rings. The second-order valence-corrected chi connectivity index (χ2v) is 5.55. The third-order valence-corrected chi connectivity index (χ3v) is 3.61. The summed E-state index contributed by atoms with van der Waals surface area (Å²) in [5.74, 6) is 0. The van der Waals surface area contributed by atoms with Gasteiger partial charge in [-0.05, 0) is 35.3 Å². The molecular formula is C8H11BrN2S. The fourth-order valence-electron chi connectivity index (χ4n) is 1.52. The zero-order valence-corrected chi connectivity index (χ0v) is 9.12. The number of hydrogen-bond donors (Lipinski definition) is 1. The van der Waals surface area contributed by atoms with Crippen LogP contribution in [-0.2, 0) is 6.42 Å². The van der Waals surface area contributed by atoms with Gasteiger partial charge in [0, 0.05) is 12.5 Å². The minimum atomic E-state index is 0.669. The van der Waals surface area contributed by atoms with Crippen LogP contribution in [0.2, 0.25) is 0 Å². The zero-order valence-electron chi connectivity index (χ0n) is 6.72. The van der Waals surface area contributed by atoms with Crippen molar-refractivity contribution < 1.29 is 0 Å². The normalized spacial score (nSPS) is 23.2. The molecule has 0 aliphatic carbocycles. The van der Waals surface area contributed by atoms with Crippen molar-refractivity contribution in [3.05, 3.63) is 15.0 Å². The summed E-state index contributed by atoms with van der Waals surface area (Å²) in [6, 6.07) is 0.669.